The first kappa shape index (κ1) is 13.1. The van der Waals surface area contributed by atoms with Crippen molar-refractivity contribution in [2.45, 2.75) is 44.1 Å². The molecule has 2 aliphatic rings. The highest BCUT2D eigenvalue weighted by Crippen LogP contribution is 2.37. The van der Waals surface area contributed by atoms with Crippen molar-refractivity contribution in [1.82, 2.24) is 4.90 Å². The molecule has 0 aromatic heterocycles. The average molecular weight is 258 g/mol. The van der Waals surface area contributed by atoms with E-state index in [2.05, 4.69) is 42.2 Å². The van der Waals surface area contributed by atoms with Gasteiger partial charge in [0, 0.05) is 31.1 Å². The molecule has 2 heteroatoms. The van der Waals surface area contributed by atoms with Crippen LogP contribution in [-0.4, -0.2) is 30.6 Å². The Hall–Kier alpha value is -0.860. The molecule has 1 unspecified atom stereocenters. The van der Waals surface area contributed by atoms with Crippen LogP contribution >= 0.6 is 0 Å². The SMILES string of the molecule is CC(CN)(CN(CC1CC1)C1CC1)c1ccccc1. The molecule has 3 rings (SSSR count). The zero-order valence-electron chi connectivity index (χ0n) is 12.0. The maximum absolute atomic E-state index is 6.13. The first-order valence-corrected chi connectivity index (χ1v) is 7.71. The van der Waals surface area contributed by atoms with Crippen LogP contribution in [0.15, 0.2) is 30.3 Å². The van der Waals surface area contributed by atoms with E-state index in [0.29, 0.717) is 0 Å². The molecule has 1 aromatic carbocycles. The van der Waals surface area contributed by atoms with Crippen LogP contribution in [0.3, 0.4) is 0 Å². The Morgan fingerprint density at radius 1 is 1.16 bits per heavy atom. The second-order valence-electron chi connectivity index (χ2n) is 6.73. The van der Waals surface area contributed by atoms with Crippen molar-refractivity contribution in [3.8, 4) is 0 Å². The summed E-state index contributed by atoms with van der Waals surface area (Å²) in [4.78, 5) is 2.72. The van der Waals surface area contributed by atoms with Crippen LogP contribution in [0.1, 0.15) is 38.2 Å². The van der Waals surface area contributed by atoms with E-state index in [1.165, 1.54) is 37.8 Å². The van der Waals surface area contributed by atoms with Crippen LogP contribution in [0.4, 0.5) is 0 Å². The summed E-state index contributed by atoms with van der Waals surface area (Å²) in [6.07, 6.45) is 5.66. The van der Waals surface area contributed by atoms with Gasteiger partial charge in [0.1, 0.15) is 0 Å². The van der Waals surface area contributed by atoms with Crippen LogP contribution < -0.4 is 5.73 Å². The Morgan fingerprint density at radius 2 is 1.84 bits per heavy atom. The maximum atomic E-state index is 6.13. The lowest BCUT2D eigenvalue weighted by atomic mass is 9.82. The fraction of sp³-hybridized carbons (Fsp3) is 0.647. The van der Waals surface area contributed by atoms with Crippen molar-refractivity contribution < 1.29 is 0 Å². The lowest BCUT2D eigenvalue weighted by Crippen LogP contribution is -2.45. The summed E-state index contributed by atoms with van der Waals surface area (Å²) in [5.74, 6) is 0.971. The third kappa shape index (κ3) is 3.18. The minimum absolute atomic E-state index is 0.0960. The minimum Gasteiger partial charge on any atom is -0.330 e. The molecule has 0 heterocycles. The average Bonchev–Trinajstić information content (AvgIpc) is 3.30. The van der Waals surface area contributed by atoms with Gasteiger partial charge >= 0.3 is 0 Å². The molecule has 0 radical (unpaired) electrons. The summed E-state index contributed by atoms with van der Waals surface area (Å²) in [7, 11) is 0. The maximum Gasteiger partial charge on any atom is 0.0174 e. The van der Waals surface area contributed by atoms with Crippen molar-refractivity contribution in [3.63, 3.8) is 0 Å². The number of nitrogens with two attached hydrogens (primary N) is 1. The van der Waals surface area contributed by atoms with Gasteiger partial charge in [0.2, 0.25) is 0 Å². The minimum atomic E-state index is 0.0960. The zero-order valence-corrected chi connectivity index (χ0v) is 12.0. The van der Waals surface area contributed by atoms with Crippen molar-refractivity contribution >= 4 is 0 Å². The third-order valence-electron chi connectivity index (χ3n) is 4.73. The van der Waals surface area contributed by atoms with Crippen molar-refractivity contribution in [3.05, 3.63) is 35.9 Å². The van der Waals surface area contributed by atoms with Gasteiger partial charge in [-0.1, -0.05) is 37.3 Å². The molecular formula is C17H26N2. The molecule has 2 aliphatic carbocycles. The van der Waals surface area contributed by atoms with Gasteiger partial charge in [0.15, 0.2) is 0 Å². The first-order valence-electron chi connectivity index (χ1n) is 7.71. The Labute approximate surface area is 117 Å². The fourth-order valence-corrected chi connectivity index (χ4v) is 2.98. The predicted octanol–water partition coefficient (Wildman–Crippen LogP) is 2.78. The van der Waals surface area contributed by atoms with Gasteiger partial charge < -0.3 is 5.73 Å². The van der Waals surface area contributed by atoms with E-state index in [4.69, 9.17) is 5.73 Å². The highest BCUT2D eigenvalue weighted by Gasteiger charge is 2.37. The summed E-state index contributed by atoms with van der Waals surface area (Å²) in [6, 6.07) is 11.7. The molecule has 19 heavy (non-hydrogen) atoms. The molecule has 2 fully saturated rings. The summed E-state index contributed by atoms with van der Waals surface area (Å²) < 4.78 is 0. The van der Waals surface area contributed by atoms with E-state index in [9.17, 15) is 0 Å². The number of hydrogen-bond acceptors (Lipinski definition) is 2. The van der Waals surface area contributed by atoms with Gasteiger partial charge in [0.25, 0.3) is 0 Å². The van der Waals surface area contributed by atoms with Gasteiger partial charge in [-0.05, 0) is 37.2 Å². The lowest BCUT2D eigenvalue weighted by molar-refractivity contribution is 0.200. The number of benzene rings is 1. The summed E-state index contributed by atoms with van der Waals surface area (Å²) in [5.41, 5.74) is 7.61. The number of hydrogen-bond donors (Lipinski definition) is 1. The molecule has 0 spiro atoms. The summed E-state index contributed by atoms with van der Waals surface area (Å²) in [5, 5.41) is 0. The normalized spacial score (nSPS) is 22.5. The zero-order chi connectivity index (χ0) is 13.3. The molecule has 0 aliphatic heterocycles. The number of rotatable bonds is 7. The quantitative estimate of drug-likeness (QED) is 0.815. The van der Waals surface area contributed by atoms with E-state index < -0.39 is 0 Å². The fourth-order valence-electron chi connectivity index (χ4n) is 2.98. The molecule has 0 saturated heterocycles. The second kappa shape index (κ2) is 5.26. The highest BCUT2D eigenvalue weighted by molar-refractivity contribution is 5.25. The Balaban J connectivity index is 1.72. The van der Waals surface area contributed by atoms with Crippen molar-refractivity contribution in [2.24, 2.45) is 11.7 Å². The lowest BCUT2D eigenvalue weighted by Gasteiger charge is -2.35. The highest BCUT2D eigenvalue weighted by atomic mass is 15.2. The smallest absolute Gasteiger partial charge is 0.0174 e. The molecule has 0 bridgehead atoms. The second-order valence-corrected chi connectivity index (χ2v) is 6.73. The van der Waals surface area contributed by atoms with Crippen molar-refractivity contribution in [1.29, 1.82) is 0 Å². The third-order valence-corrected chi connectivity index (χ3v) is 4.73. The summed E-state index contributed by atoms with van der Waals surface area (Å²) >= 11 is 0. The molecule has 1 aromatic rings. The Bertz CT molecular complexity index is 409. The molecule has 0 amide bonds. The van der Waals surface area contributed by atoms with Crippen LogP contribution in [0.2, 0.25) is 0 Å². The van der Waals surface area contributed by atoms with Gasteiger partial charge in [0.05, 0.1) is 0 Å². The predicted molar refractivity (Wildman–Crippen MR) is 80.2 cm³/mol. The summed E-state index contributed by atoms with van der Waals surface area (Å²) in [6.45, 7) is 5.47. The van der Waals surface area contributed by atoms with E-state index in [0.717, 1.165) is 25.0 Å². The first-order chi connectivity index (χ1) is 9.21. The van der Waals surface area contributed by atoms with Gasteiger partial charge in [-0.2, -0.15) is 0 Å². The Morgan fingerprint density at radius 3 is 2.37 bits per heavy atom. The van der Waals surface area contributed by atoms with Crippen LogP contribution in [-0.2, 0) is 5.41 Å². The largest absolute Gasteiger partial charge is 0.330 e. The van der Waals surface area contributed by atoms with Gasteiger partial charge in [-0.3, -0.25) is 4.90 Å². The van der Waals surface area contributed by atoms with Crippen LogP contribution in [0.5, 0.6) is 0 Å². The van der Waals surface area contributed by atoms with E-state index >= 15 is 0 Å². The van der Waals surface area contributed by atoms with Crippen LogP contribution in [0, 0.1) is 5.92 Å². The molecule has 1 atom stereocenters. The van der Waals surface area contributed by atoms with Gasteiger partial charge in [-0.15, -0.1) is 0 Å². The van der Waals surface area contributed by atoms with E-state index in [1.807, 2.05) is 0 Å². The molecular weight excluding hydrogens is 232 g/mol. The topological polar surface area (TPSA) is 29.3 Å². The molecule has 2 nitrogen and oxygen atoms in total. The van der Waals surface area contributed by atoms with Crippen molar-refractivity contribution in [2.75, 3.05) is 19.6 Å². The number of nitrogens with zero attached hydrogens (tertiary/aromatic N) is 1. The van der Waals surface area contributed by atoms with Gasteiger partial charge in [-0.25, -0.2) is 0 Å². The van der Waals surface area contributed by atoms with E-state index in [-0.39, 0.29) is 5.41 Å². The molecule has 2 N–H and O–H groups in total. The standard InChI is InChI=1S/C17H26N2/c1-17(12-18,15-5-3-2-4-6-15)13-19(16-9-10-16)11-14-7-8-14/h2-6,14,16H,7-13,18H2,1H3. The van der Waals surface area contributed by atoms with E-state index in [1.54, 1.807) is 0 Å². The Kier molecular flexibility index (Phi) is 3.64. The molecule has 104 valence electrons. The van der Waals surface area contributed by atoms with Crippen LogP contribution in [0.25, 0.3) is 0 Å². The molecule has 2 saturated carbocycles. The monoisotopic (exact) mass is 258 g/mol.